The predicted molar refractivity (Wildman–Crippen MR) is 78.9 cm³/mol. The number of rotatable bonds is 4. The summed E-state index contributed by atoms with van der Waals surface area (Å²) < 4.78 is 0. The summed E-state index contributed by atoms with van der Waals surface area (Å²) in [5, 5.41) is 0.604. The van der Waals surface area contributed by atoms with E-state index in [4.69, 9.17) is 16.6 Å². The first-order valence-electron chi connectivity index (χ1n) is 7.59. The Morgan fingerprint density at radius 1 is 1.26 bits per heavy atom. The highest BCUT2D eigenvalue weighted by Crippen LogP contribution is 2.39. The Hall–Kier alpha value is -0.830. The van der Waals surface area contributed by atoms with Gasteiger partial charge in [0.2, 0.25) is 0 Å². The molecule has 1 atom stereocenters. The molecule has 3 rings (SSSR count). The SMILES string of the molecule is CCCC1CCCCN1c1cc(Cl)nc(C2CC2)n1. The average molecular weight is 280 g/mol. The fourth-order valence-electron chi connectivity index (χ4n) is 3.03. The Morgan fingerprint density at radius 3 is 2.84 bits per heavy atom. The fraction of sp³-hybridized carbons (Fsp3) is 0.733. The molecule has 0 N–H and O–H groups in total. The van der Waals surface area contributed by atoms with E-state index in [1.54, 1.807) is 0 Å². The molecule has 2 heterocycles. The zero-order chi connectivity index (χ0) is 13.2. The second-order valence-corrected chi connectivity index (χ2v) is 6.20. The molecule has 0 radical (unpaired) electrons. The number of nitrogens with zero attached hydrogens (tertiary/aromatic N) is 3. The summed E-state index contributed by atoms with van der Waals surface area (Å²) in [6, 6.07) is 2.58. The van der Waals surface area contributed by atoms with Gasteiger partial charge in [0.15, 0.2) is 0 Å². The summed E-state index contributed by atoms with van der Waals surface area (Å²) in [7, 11) is 0. The molecular weight excluding hydrogens is 258 g/mol. The van der Waals surface area contributed by atoms with Gasteiger partial charge >= 0.3 is 0 Å². The molecule has 3 nitrogen and oxygen atoms in total. The fourth-order valence-corrected chi connectivity index (χ4v) is 3.21. The van der Waals surface area contributed by atoms with Crippen LogP contribution in [0.15, 0.2) is 6.07 Å². The van der Waals surface area contributed by atoms with Gasteiger partial charge < -0.3 is 4.90 Å². The summed E-state index contributed by atoms with van der Waals surface area (Å²) in [4.78, 5) is 11.6. The van der Waals surface area contributed by atoms with Crippen LogP contribution in [-0.4, -0.2) is 22.6 Å². The molecule has 2 aliphatic rings. The molecule has 1 aliphatic carbocycles. The van der Waals surface area contributed by atoms with Crippen LogP contribution >= 0.6 is 11.6 Å². The Bertz CT molecular complexity index is 443. The van der Waals surface area contributed by atoms with Crippen molar-refractivity contribution in [1.82, 2.24) is 9.97 Å². The van der Waals surface area contributed by atoms with Crippen molar-refractivity contribution in [3.05, 3.63) is 17.0 Å². The topological polar surface area (TPSA) is 29.0 Å². The lowest BCUT2D eigenvalue weighted by Crippen LogP contribution is -2.40. The maximum Gasteiger partial charge on any atom is 0.135 e. The Balaban J connectivity index is 1.86. The molecule has 1 unspecified atom stereocenters. The quantitative estimate of drug-likeness (QED) is 0.775. The van der Waals surface area contributed by atoms with Gasteiger partial charge in [0, 0.05) is 24.6 Å². The van der Waals surface area contributed by atoms with Crippen LogP contribution in [0.3, 0.4) is 0 Å². The van der Waals surface area contributed by atoms with Crippen molar-refractivity contribution in [2.24, 2.45) is 0 Å². The number of halogens is 1. The molecule has 1 saturated carbocycles. The number of hydrogen-bond donors (Lipinski definition) is 0. The van der Waals surface area contributed by atoms with Gasteiger partial charge in [-0.15, -0.1) is 0 Å². The van der Waals surface area contributed by atoms with Crippen molar-refractivity contribution >= 4 is 17.4 Å². The molecule has 0 aromatic carbocycles. The van der Waals surface area contributed by atoms with E-state index in [9.17, 15) is 0 Å². The summed E-state index contributed by atoms with van der Waals surface area (Å²) >= 11 is 6.19. The lowest BCUT2D eigenvalue weighted by atomic mass is 9.98. The highest BCUT2D eigenvalue weighted by molar-refractivity contribution is 6.29. The van der Waals surface area contributed by atoms with Gasteiger partial charge in [-0.25, -0.2) is 9.97 Å². The number of piperidine rings is 1. The standard InChI is InChI=1S/C15H22ClN3/c1-2-5-12-6-3-4-9-19(12)14-10-13(16)17-15(18-14)11-7-8-11/h10-12H,2-9H2,1H3. The normalized spacial score (nSPS) is 23.7. The first kappa shape index (κ1) is 13.2. The number of hydrogen-bond acceptors (Lipinski definition) is 3. The van der Waals surface area contributed by atoms with Gasteiger partial charge in [-0.05, 0) is 38.5 Å². The Labute approximate surface area is 120 Å². The van der Waals surface area contributed by atoms with E-state index in [0.717, 1.165) is 18.2 Å². The highest BCUT2D eigenvalue weighted by atomic mass is 35.5. The van der Waals surface area contributed by atoms with Crippen LogP contribution < -0.4 is 4.90 Å². The van der Waals surface area contributed by atoms with Gasteiger partial charge in [-0.3, -0.25) is 0 Å². The smallest absolute Gasteiger partial charge is 0.135 e. The van der Waals surface area contributed by atoms with E-state index in [1.165, 1.54) is 44.9 Å². The minimum atomic E-state index is 0.562. The summed E-state index contributed by atoms with van der Waals surface area (Å²) in [5.74, 6) is 2.58. The third-order valence-electron chi connectivity index (χ3n) is 4.18. The monoisotopic (exact) mass is 279 g/mol. The number of anilines is 1. The van der Waals surface area contributed by atoms with Crippen LogP contribution in [0, 0.1) is 0 Å². The molecule has 2 fully saturated rings. The van der Waals surface area contributed by atoms with Crippen LogP contribution in [-0.2, 0) is 0 Å². The van der Waals surface area contributed by atoms with Crippen LogP contribution in [0.2, 0.25) is 5.15 Å². The zero-order valence-electron chi connectivity index (χ0n) is 11.6. The van der Waals surface area contributed by atoms with Crippen molar-refractivity contribution in [2.75, 3.05) is 11.4 Å². The van der Waals surface area contributed by atoms with Crippen LogP contribution in [0.5, 0.6) is 0 Å². The molecule has 1 aromatic rings. The third kappa shape index (κ3) is 3.02. The number of aromatic nitrogens is 2. The molecule has 0 amide bonds. The van der Waals surface area contributed by atoms with Crippen molar-refractivity contribution in [3.63, 3.8) is 0 Å². The van der Waals surface area contributed by atoms with Gasteiger partial charge in [-0.1, -0.05) is 24.9 Å². The van der Waals surface area contributed by atoms with E-state index < -0.39 is 0 Å². The molecule has 1 aromatic heterocycles. The largest absolute Gasteiger partial charge is 0.353 e. The van der Waals surface area contributed by atoms with E-state index in [0.29, 0.717) is 17.1 Å². The molecule has 4 heteroatoms. The minimum absolute atomic E-state index is 0.562. The van der Waals surface area contributed by atoms with Gasteiger partial charge in [0.25, 0.3) is 0 Å². The van der Waals surface area contributed by atoms with E-state index in [1.807, 2.05) is 6.07 Å². The van der Waals surface area contributed by atoms with Crippen molar-refractivity contribution in [2.45, 2.75) is 63.8 Å². The molecule has 0 spiro atoms. The van der Waals surface area contributed by atoms with Crippen LogP contribution in [0.4, 0.5) is 5.82 Å². The summed E-state index contributed by atoms with van der Waals surface area (Å²) in [6.07, 6.45) is 8.82. The second-order valence-electron chi connectivity index (χ2n) is 5.81. The predicted octanol–water partition coefficient (Wildman–Crippen LogP) is 4.17. The zero-order valence-corrected chi connectivity index (χ0v) is 12.4. The summed E-state index contributed by atoms with van der Waals surface area (Å²) in [6.45, 7) is 3.37. The molecule has 1 saturated heterocycles. The van der Waals surface area contributed by atoms with Crippen LogP contribution in [0.25, 0.3) is 0 Å². The van der Waals surface area contributed by atoms with E-state index in [-0.39, 0.29) is 0 Å². The van der Waals surface area contributed by atoms with Gasteiger partial charge in [0.05, 0.1) is 0 Å². The first-order chi connectivity index (χ1) is 9.28. The molecule has 104 valence electrons. The molecular formula is C15H22ClN3. The lowest BCUT2D eigenvalue weighted by Gasteiger charge is -2.36. The maximum atomic E-state index is 6.19. The molecule has 1 aliphatic heterocycles. The first-order valence-corrected chi connectivity index (χ1v) is 7.97. The maximum absolute atomic E-state index is 6.19. The van der Waals surface area contributed by atoms with Gasteiger partial charge in [-0.2, -0.15) is 0 Å². The Morgan fingerprint density at radius 2 is 2.11 bits per heavy atom. The van der Waals surface area contributed by atoms with Gasteiger partial charge in [0.1, 0.15) is 16.8 Å². The Kier molecular flexibility index (Phi) is 3.92. The highest BCUT2D eigenvalue weighted by Gasteiger charge is 2.29. The lowest BCUT2D eigenvalue weighted by molar-refractivity contribution is 0.431. The van der Waals surface area contributed by atoms with Crippen LogP contribution in [0.1, 0.15) is 63.6 Å². The minimum Gasteiger partial charge on any atom is -0.353 e. The average Bonchev–Trinajstić information content (AvgIpc) is 3.23. The van der Waals surface area contributed by atoms with Crippen molar-refractivity contribution < 1.29 is 0 Å². The third-order valence-corrected chi connectivity index (χ3v) is 4.38. The molecule has 19 heavy (non-hydrogen) atoms. The van der Waals surface area contributed by atoms with Crippen molar-refractivity contribution in [3.8, 4) is 0 Å². The van der Waals surface area contributed by atoms with E-state index >= 15 is 0 Å². The second kappa shape index (κ2) is 5.66. The van der Waals surface area contributed by atoms with Crippen molar-refractivity contribution in [1.29, 1.82) is 0 Å². The summed E-state index contributed by atoms with van der Waals surface area (Å²) in [5.41, 5.74) is 0. The van der Waals surface area contributed by atoms with E-state index in [2.05, 4.69) is 16.8 Å². The molecule has 0 bridgehead atoms.